The first-order chi connectivity index (χ1) is 4.92. The van der Waals surface area contributed by atoms with Crippen LogP contribution in [0.1, 0.15) is 13.8 Å². The molecule has 0 fully saturated rings. The third kappa shape index (κ3) is 12.4. The van der Waals surface area contributed by atoms with Crippen molar-refractivity contribution >= 4 is 75.5 Å². The summed E-state index contributed by atoms with van der Waals surface area (Å²) in [5.74, 6) is 0. The summed E-state index contributed by atoms with van der Waals surface area (Å²) in [6.45, 7) is 4.41. The molecule has 0 aliphatic heterocycles. The molecule has 0 rings (SSSR count). The van der Waals surface area contributed by atoms with Crippen molar-refractivity contribution < 1.29 is 0 Å². The highest BCUT2D eigenvalue weighted by molar-refractivity contribution is 14.4. The standard InChI is InChI=1S/C6H13I3Si2/c1-6(2)5-10-3-4-11(7,8)9/h5H,3-4,10H2,1-2H3. The van der Waals surface area contributed by atoms with Crippen molar-refractivity contribution in [1.82, 2.24) is 0 Å². The van der Waals surface area contributed by atoms with E-state index in [1.165, 1.54) is 17.7 Å². The van der Waals surface area contributed by atoms with Gasteiger partial charge in [-0.25, -0.2) is 0 Å². The quantitative estimate of drug-likeness (QED) is 0.229. The molecule has 0 aromatic heterocycles. The molecule has 5 heteroatoms. The van der Waals surface area contributed by atoms with Crippen LogP contribution in [-0.4, -0.2) is 10.1 Å². The van der Waals surface area contributed by atoms with Crippen molar-refractivity contribution in [2.24, 2.45) is 0 Å². The predicted molar refractivity (Wildman–Crippen MR) is 85.4 cm³/mol. The van der Waals surface area contributed by atoms with E-state index in [1.807, 2.05) is 0 Å². The van der Waals surface area contributed by atoms with Crippen LogP contribution in [0.4, 0.5) is 0 Å². The summed E-state index contributed by atoms with van der Waals surface area (Å²) < 4.78 is -0.814. The summed E-state index contributed by atoms with van der Waals surface area (Å²) in [6.07, 6.45) is 0. The Labute approximate surface area is 111 Å². The van der Waals surface area contributed by atoms with Gasteiger partial charge < -0.3 is 0 Å². The molecule has 66 valence electrons. The number of rotatable bonds is 4. The first-order valence-electron chi connectivity index (χ1n) is 3.62. The lowest BCUT2D eigenvalue weighted by Crippen LogP contribution is -2.05. The Hall–Kier alpha value is 2.36. The van der Waals surface area contributed by atoms with Gasteiger partial charge in [-0.15, -0.1) is 5.70 Å². The van der Waals surface area contributed by atoms with Crippen LogP contribution in [0, 0.1) is 0 Å². The van der Waals surface area contributed by atoms with E-state index in [0.717, 1.165) is 0 Å². The first kappa shape index (κ1) is 13.4. The molecular formula is C6H13I3Si2. The van der Waals surface area contributed by atoms with Gasteiger partial charge in [0.05, 0.1) is 0 Å². The first-order valence-corrected chi connectivity index (χ1v) is 17.0. The van der Waals surface area contributed by atoms with Gasteiger partial charge in [0.2, 0.25) is 0 Å². The predicted octanol–water partition coefficient (Wildman–Crippen LogP) is 3.74. The van der Waals surface area contributed by atoms with E-state index in [1.54, 1.807) is 0 Å². The second kappa shape index (κ2) is 6.76. The van der Waals surface area contributed by atoms with E-state index < -0.39 is 0.564 Å². The fraction of sp³-hybridized carbons (Fsp3) is 0.667. The van der Waals surface area contributed by atoms with Gasteiger partial charge >= 0.3 is 0 Å². The molecule has 0 nitrogen and oxygen atoms in total. The largest absolute Gasteiger partial charge is 0.253 e. The topological polar surface area (TPSA) is 0 Å². The Morgan fingerprint density at radius 2 is 1.91 bits per heavy atom. The van der Waals surface area contributed by atoms with Crippen molar-refractivity contribution in [1.29, 1.82) is 0 Å². The van der Waals surface area contributed by atoms with Gasteiger partial charge in [0.1, 0.15) is 0 Å². The maximum absolute atomic E-state index is 2.65. The zero-order valence-corrected chi connectivity index (χ0v) is 15.7. The molecule has 0 atom stereocenters. The van der Waals surface area contributed by atoms with E-state index in [4.69, 9.17) is 0 Å². The van der Waals surface area contributed by atoms with Crippen LogP contribution >= 0.6 is 65.4 Å². The molecule has 0 saturated carbocycles. The Bertz CT molecular complexity index is 135. The van der Waals surface area contributed by atoms with Crippen LogP contribution < -0.4 is 0 Å². The van der Waals surface area contributed by atoms with E-state index >= 15 is 0 Å². The summed E-state index contributed by atoms with van der Waals surface area (Å²) >= 11 is 7.94. The van der Waals surface area contributed by atoms with Gasteiger partial charge in [-0.05, 0) is 19.9 Å². The summed E-state index contributed by atoms with van der Waals surface area (Å²) in [6, 6.07) is 3.00. The highest BCUT2D eigenvalue weighted by atomic mass is 127. The van der Waals surface area contributed by atoms with Gasteiger partial charge in [-0.1, -0.05) is 77.0 Å². The highest BCUT2D eigenvalue weighted by Crippen LogP contribution is 2.34. The molecule has 0 aliphatic rings. The summed E-state index contributed by atoms with van der Waals surface area (Å²) in [4.78, 5) is 0. The molecule has 0 spiro atoms. The van der Waals surface area contributed by atoms with Crippen LogP contribution in [0.3, 0.4) is 0 Å². The maximum Gasteiger partial charge on any atom is 0.253 e. The Balaban J connectivity index is 3.36. The minimum Gasteiger partial charge on any atom is -0.103 e. The third-order valence-corrected chi connectivity index (χ3v) is 9.57. The Morgan fingerprint density at radius 1 is 1.36 bits per heavy atom. The van der Waals surface area contributed by atoms with Crippen LogP contribution in [0.15, 0.2) is 11.3 Å². The molecule has 11 heavy (non-hydrogen) atoms. The minimum atomic E-state index is -0.814. The van der Waals surface area contributed by atoms with Crippen LogP contribution in [0.25, 0.3) is 0 Å². The fourth-order valence-corrected chi connectivity index (χ4v) is 14.2. The molecule has 0 amide bonds. The van der Waals surface area contributed by atoms with Gasteiger partial charge in [0.25, 0.3) is 0.564 Å². The molecule has 0 unspecified atom stereocenters. The zero-order chi connectivity index (χ0) is 8.91. The molecule has 0 aromatic rings. The Kier molecular flexibility index (Phi) is 8.22. The molecular weight excluding hydrogens is 509 g/mol. The van der Waals surface area contributed by atoms with Crippen molar-refractivity contribution in [2.75, 3.05) is 0 Å². The lowest BCUT2D eigenvalue weighted by Gasteiger charge is -2.06. The highest BCUT2D eigenvalue weighted by Gasteiger charge is 2.19. The average molecular weight is 522 g/mol. The lowest BCUT2D eigenvalue weighted by atomic mass is 10.4. The van der Waals surface area contributed by atoms with Gasteiger partial charge in [0, 0.05) is 9.52 Å². The van der Waals surface area contributed by atoms with E-state index in [0.29, 0.717) is 0 Å². The van der Waals surface area contributed by atoms with Gasteiger partial charge in [-0.3, -0.25) is 0 Å². The molecule has 0 radical (unpaired) electrons. The lowest BCUT2D eigenvalue weighted by molar-refractivity contribution is 1.39. The number of allylic oxidation sites excluding steroid dienone is 1. The number of hydrogen-bond acceptors (Lipinski definition) is 0. The molecule has 0 N–H and O–H groups in total. The monoisotopic (exact) mass is 522 g/mol. The second-order valence-electron chi connectivity index (χ2n) is 2.79. The normalized spacial score (nSPS) is 12.5. The maximum atomic E-state index is 2.65. The molecule has 0 aliphatic carbocycles. The minimum absolute atomic E-state index is 0.142. The smallest absolute Gasteiger partial charge is 0.103 e. The second-order valence-corrected chi connectivity index (χ2v) is 41.4. The van der Waals surface area contributed by atoms with E-state index in [-0.39, 0.29) is 9.52 Å². The molecule has 0 bridgehead atoms. The van der Waals surface area contributed by atoms with Crippen LogP contribution in [-0.2, 0) is 0 Å². The van der Waals surface area contributed by atoms with E-state index in [9.17, 15) is 0 Å². The third-order valence-electron chi connectivity index (χ3n) is 1.22. The van der Waals surface area contributed by atoms with Crippen molar-refractivity contribution in [2.45, 2.75) is 25.9 Å². The van der Waals surface area contributed by atoms with Crippen molar-refractivity contribution in [3.8, 4) is 0 Å². The molecule has 0 heterocycles. The van der Waals surface area contributed by atoms with Crippen molar-refractivity contribution in [3.63, 3.8) is 0 Å². The van der Waals surface area contributed by atoms with Gasteiger partial charge in [0.15, 0.2) is 0 Å². The van der Waals surface area contributed by atoms with E-state index in [2.05, 4.69) is 84.9 Å². The van der Waals surface area contributed by atoms with Crippen LogP contribution in [0.5, 0.6) is 0 Å². The number of halogens is 3. The summed E-state index contributed by atoms with van der Waals surface area (Å²) in [5.41, 5.74) is 3.99. The SMILES string of the molecule is CC(C)=C[SiH2]CC[Si](I)(I)I. The average Bonchev–Trinajstić information content (AvgIpc) is 1.78. The van der Waals surface area contributed by atoms with Crippen LogP contribution in [0.2, 0.25) is 12.1 Å². The molecule has 0 aromatic carbocycles. The molecule has 0 saturated heterocycles. The fourth-order valence-electron chi connectivity index (χ4n) is 0.693. The number of hydrogen-bond donors (Lipinski definition) is 0. The summed E-state index contributed by atoms with van der Waals surface area (Å²) in [7, 11) is 0.142. The summed E-state index contributed by atoms with van der Waals surface area (Å²) in [5, 5.41) is 0. The van der Waals surface area contributed by atoms with Gasteiger partial charge in [-0.2, -0.15) is 0 Å². The zero-order valence-electron chi connectivity index (χ0n) is 6.83. The Morgan fingerprint density at radius 3 is 2.27 bits per heavy atom. The van der Waals surface area contributed by atoms with Crippen molar-refractivity contribution in [3.05, 3.63) is 11.3 Å².